The minimum Gasteiger partial charge on any atom is -0.473 e. The van der Waals surface area contributed by atoms with Crippen LogP contribution in [0.2, 0.25) is 5.02 Å². The highest BCUT2D eigenvalue weighted by Gasteiger charge is 2.08. The van der Waals surface area contributed by atoms with Gasteiger partial charge in [0.25, 0.3) is 0 Å². The van der Waals surface area contributed by atoms with Crippen molar-refractivity contribution >= 4 is 11.6 Å². The SMILES string of the molecule is N#Cc1ccnc(-n2nccc2OCc2ccc(Cl)cc2)c1. The number of ether oxygens (including phenoxy) is 1. The minimum atomic E-state index is 0.390. The fourth-order valence-corrected chi connectivity index (χ4v) is 2.04. The Hall–Kier alpha value is -2.84. The Bertz CT molecular complexity index is 821. The van der Waals surface area contributed by atoms with Gasteiger partial charge in [-0.15, -0.1) is 0 Å². The van der Waals surface area contributed by atoms with Gasteiger partial charge >= 0.3 is 0 Å². The third-order valence-corrected chi connectivity index (χ3v) is 3.25. The molecule has 2 aromatic heterocycles. The van der Waals surface area contributed by atoms with Crippen LogP contribution in [0, 0.1) is 11.3 Å². The Morgan fingerprint density at radius 3 is 2.73 bits per heavy atom. The van der Waals surface area contributed by atoms with Crippen molar-refractivity contribution in [3.8, 4) is 17.8 Å². The predicted octanol–water partition coefficient (Wildman–Crippen LogP) is 3.37. The van der Waals surface area contributed by atoms with Crippen molar-refractivity contribution in [3.05, 3.63) is 71.0 Å². The number of pyridine rings is 1. The summed E-state index contributed by atoms with van der Waals surface area (Å²) in [4.78, 5) is 4.21. The van der Waals surface area contributed by atoms with Crippen molar-refractivity contribution in [1.82, 2.24) is 14.8 Å². The zero-order valence-electron chi connectivity index (χ0n) is 11.5. The number of halogens is 1. The average Bonchev–Trinajstić information content (AvgIpc) is 3.03. The van der Waals surface area contributed by atoms with E-state index in [1.165, 1.54) is 0 Å². The van der Waals surface area contributed by atoms with Crippen LogP contribution in [0.4, 0.5) is 0 Å². The van der Waals surface area contributed by atoms with Crippen LogP contribution < -0.4 is 4.74 Å². The quantitative estimate of drug-likeness (QED) is 0.741. The van der Waals surface area contributed by atoms with Gasteiger partial charge < -0.3 is 4.74 Å². The molecule has 0 aliphatic carbocycles. The van der Waals surface area contributed by atoms with Gasteiger partial charge in [0.05, 0.1) is 17.8 Å². The second-order valence-corrected chi connectivity index (χ2v) is 4.95. The lowest BCUT2D eigenvalue weighted by Crippen LogP contribution is -2.05. The van der Waals surface area contributed by atoms with E-state index >= 15 is 0 Å². The van der Waals surface area contributed by atoms with Gasteiger partial charge in [0.15, 0.2) is 5.82 Å². The monoisotopic (exact) mass is 310 g/mol. The summed E-state index contributed by atoms with van der Waals surface area (Å²) in [7, 11) is 0. The highest BCUT2D eigenvalue weighted by molar-refractivity contribution is 6.30. The molecule has 0 unspecified atom stereocenters. The summed E-state index contributed by atoms with van der Waals surface area (Å²) in [6, 6.07) is 14.5. The van der Waals surface area contributed by atoms with Gasteiger partial charge in [-0.05, 0) is 23.8 Å². The average molecular weight is 311 g/mol. The summed E-state index contributed by atoms with van der Waals surface area (Å²) in [5.41, 5.74) is 1.51. The lowest BCUT2D eigenvalue weighted by molar-refractivity contribution is 0.284. The number of nitrogens with zero attached hydrogens (tertiary/aromatic N) is 4. The molecule has 0 amide bonds. The zero-order chi connectivity index (χ0) is 15.4. The highest BCUT2D eigenvalue weighted by Crippen LogP contribution is 2.18. The van der Waals surface area contributed by atoms with E-state index in [1.54, 1.807) is 35.3 Å². The summed E-state index contributed by atoms with van der Waals surface area (Å²) in [6.45, 7) is 0.390. The lowest BCUT2D eigenvalue weighted by Gasteiger charge is -2.09. The van der Waals surface area contributed by atoms with Crippen LogP contribution in [0.25, 0.3) is 5.82 Å². The number of hydrogen-bond acceptors (Lipinski definition) is 4. The van der Waals surface area contributed by atoms with Gasteiger partial charge in [0, 0.05) is 23.4 Å². The maximum absolute atomic E-state index is 8.95. The fourth-order valence-electron chi connectivity index (χ4n) is 1.91. The van der Waals surface area contributed by atoms with E-state index in [0.717, 1.165) is 5.56 Å². The predicted molar refractivity (Wildman–Crippen MR) is 81.9 cm³/mol. The first-order valence-electron chi connectivity index (χ1n) is 6.54. The zero-order valence-corrected chi connectivity index (χ0v) is 12.2. The number of aromatic nitrogens is 3. The molecule has 0 saturated heterocycles. The fraction of sp³-hybridized carbons (Fsp3) is 0.0625. The molecule has 0 aliphatic heterocycles. The second kappa shape index (κ2) is 6.29. The maximum atomic E-state index is 8.95. The molecular weight excluding hydrogens is 300 g/mol. The summed E-state index contributed by atoms with van der Waals surface area (Å²) < 4.78 is 7.32. The largest absolute Gasteiger partial charge is 0.473 e. The van der Waals surface area contributed by atoms with Crippen molar-refractivity contribution < 1.29 is 4.74 Å². The number of rotatable bonds is 4. The Labute approximate surface area is 132 Å². The first-order valence-corrected chi connectivity index (χ1v) is 6.92. The summed E-state index contributed by atoms with van der Waals surface area (Å²) in [5, 5.41) is 13.8. The molecule has 2 heterocycles. The molecule has 0 atom stereocenters. The standard InChI is InChI=1S/C16H11ClN4O/c17-14-3-1-12(2-4-14)11-22-16-6-8-20-21(16)15-9-13(10-18)5-7-19-15/h1-9H,11H2. The van der Waals surface area contributed by atoms with Gasteiger partial charge in [0.2, 0.25) is 5.88 Å². The van der Waals surface area contributed by atoms with E-state index in [2.05, 4.69) is 16.2 Å². The van der Waals surface area contributed by atoms with Crippen molar-refractivity contribution in [3.63, 3.8) is 0 Å². The normalized spacial score (nSPS) is 10.2. The molecule has 22 heavy (non-hydrogen) atoms. The molecular formula is C16H11ClN4O. The summed E-state index contributed by atoms with van der Waals surface area (Å²) >= 11 is 5.86. The molecule has 3 aromatic rings. The first-order chi connectivity index (χ1) is 10.8. The summed E-state index contributed by atoms with van der Waals surface area (Å²) in [5.74, 6) is 1.09. The van der Waals surface area contributed by atoms with Crippen molar-refractivity contribution in [2.24, 2.45) is 0 Å². The maximum Gasteiger partial charge on any atom is 0.218 e. The molecule has 0 spiro atoms. The highest BCUT2D eigenvalue weighted by atomic mass is 35.5. The molecule has 108 valence electrons. The van der Waals surface area contributed by atoms with Crippen LogP contribution in [0.3, 0.4) is 0 Å². The van der Waals surface area contributed by atoms with Crippen LogP contribution >= 0.6 is 11.6 Å². The van der Waals surface area contributed by atoms with Crippen molar-refractivity contribution in [1.29, 1.82) is 5.26 Å². The van der Waals surface area contributed by atoms with Gasteiger partial charge in [-0.2, -0.15) is 15.0 Å². The third-order valence-electron chi connectivity index (χ3n) is 3.00. The van der Waals surface area contributed by atoms with Crippen LogP contribution in [0.15, 0.2) is 54.9 Å². The van der Waals surface area contributed by atoms with Crippen LogP contribution in [0.1, 0.15) is 11.1 Å². The van der Waals surface area contributed by atoms with Gasteiger partial charge in [-0.3, -0.25) is 0 Å². The molecule has 0 bridgehead atoms. The Morgan fingerprint density at radius 1 is 1.14 bits per heavy atom. The van der Waals surface area contributed by atoms with E-state index in [-0.39, 0.29) is 0 Å². The third kappa shape index (κ3) is 3.08. The van der Waals surface area contributed by atoms with Crippen molar-refractivity contribution in [2.45, 2.75) is 6.61 Å². The van der Waals surface area contributed by atoms with E-state index in [9.17, 15) is 0 Å². The lowest BCUT2D eigenvalue weighted by atomic mass is 10.2. The summed E-state index contributed by atoms with van der Waals surface area (Å²) in [6.07, 6.45) is 3.19. The minimum absolute atomic E-state index is 0.390. The number of benzene rings is 1. The van der Waals surface area contributed by atoms with E-state index < -0.39 is 0 Å². The smallest absolute Gasteiger partial charge is 0.218 e. The Kier molecular flexibility index (Phi) is 4.03. The Balaban J connectivity index is 1.80. The van der Waals surface area contributed by atoms with Gasteiger partial charge in [0.1, 0.15) is 6.61 Å². The van der Waals surface area contributed by atoms with E-state index in [0.29, 0.717) is 28.9 Å². The van der Waals surface area contributed by atoms with Crippen LogP contribution in [-0.2, 0) is 6.61 Å². The van der Waals surface area contributed by atoms with Crippen LogP contribution in [0.5, 0.6) is 5.88 Å². The molecule has 0 fully saturated rings. The molecule has 0 saturated carbocycles. The van der Waals surface area contributed by atoms with Crippen LogP contribution in [-0.4, -0.2) is 14.8 Å². The first kappa shape index (κ1) is 14.1. The van der Waals surface area contributed by atoms with E-state index in [1.807, 2.05) is 24.3 Å². The van der Waals surface area contributed by atoms with Gasteiger partial charge in [-0.1, -0.05) is 23.7 Å². The van der Waals surface area contributed by atoms with Gasteiger partial charge in [-0.25, -0.2) is 4.98 Å². The second-order valence-electron chi connectivity index (χ2n) is 4.51. The molecule has 0 radical (unpaired) electrons. The molecule has 3 rings (SSSR count). The number of nitriles is 1. The topological polar surface area (TPSA) is 63.7 Å². The Morgan fingerprint density at radius 2 is 1.95 bits per heavy atom. The molecule has 0 N–H and O–H groups in total. The molecule has 0 aliphatic rings. The molecule has 5 nitrogen and oxygen atoms in total. The molecule has 1 aromatic carbocycles. The van der Waals surface area contributed by atoms with E-state index in [4.69, 9.17) is 21.6 Å². The molecule has 6 heteroatoms. The number of hydrogen-bond donors (Lipinski definition) is 0. The van der Waals surface area contributed by atoms with Crippen molar-refractivity contribution in [2.75, 3.05) is 0 Å².